The number of nitrogens with zero attached hydrogens (tertiary/aromatic N) is 2. The Morgan fingerprint density at radius 3 is 2.36 bits per heavy atom. The highest BCUT2D eigenvalue weighted by Crippen LogP contribution is 2.26. The van der Waals surface area contributed by atoms with Crippen molar-refractivity contribution in [3.63, 3.8) is 0 Å². The first-order valence-corrected chi connectivity index (χ1v) is 8.51. The van der Waals surface area contributed by atoms with Crippen LogP contribution in [0.25, 0.3) is 22.6 Å². The van der Waals surface area contributed by atoms with E-state index in [-0.39, 0.29) is 5.91 Å². The van der Waals surface area contributed by atoms with E-state index in [9.17, 15) is 4.79 Å². The lowest BCUT2D eigenvalue weighted by Crippen LogP contribution is -2.12. The summed E-state index contributed by atoms with van der Waals surface area (Å²) in [7, 11) is 3.08. The normalized spacial score (nSPS) is 10.6. The van der Waals surface area contributed by atoms with Crippen LogP contribution in [0.4, 0.5) is 5.69 Å². The van der Waals surface area contributed by atoms with E-state index in [4.69, 9.17) is 13.9 Å². The van der Waals surface area contributed by atoms with Gasteiger partial charge in [0.05, 0.1) is 20.4 Å². The molecule has 0 saturated heterocycles. The van der Waals surface area contributed by atoms with Crippen molar-refractivity contribution < 1.29 is 18.7 Å². The van der Waals surface area contributed by atoms with Gasteiger partial charge in [0.15, 0.2) is 5.58 Å². The number of fused-ring (bicyclic) bond motifs is 1. The maximum absolute atomic E-state index is 12.6. The first-order chi connectivity index (χ1) is 13.7. The van der Waals surface area contributed by atoms with Gasteiger partial charge >= 0.3 is 0 Å². The number of methoxy groups -OCH3 is 2. The zero-order valence-corrected chi connectivity index (χ0v) is 15.3. The number of carbonyl (C=O) groups excluding carboxylic acids is 1. The third kappa shape index (κ3) is 3.50. The van der Waals surface area contributed by atoms with E-state index in [1.54, 1.807) is 48.8 Å². The van der Waals surface area contributed by atoms with Crippen molar-refractivity contribution in [2.75, 3.05) is 19.5 Å². The van der Waals surface area contributed by atoms with Crippen molar-refractivity contribution in [3.8, 4) is 23.0 Å². The molecule has 0 bridgehead atoms. The van der Waals surface area contributed by atoms with Crippen LogP contribution < -0.4 is 14.8 Å². The van der Waals surface area contributed by atoms with Crippen LogP contribution in [0.5, 0.6) is 11.5 Å². The van der Waals surface area contributed by atoms with Gasteiger partial charge in [-0.05, 0) is 36.4 Å². The summed E-state index contributed by atoms with van der Waals surface area (Å²) >= 11 is 0. The first kappa shape index (κ1) is 17.5. The van der Waals surface area contributed by atoms with Crippen molar-refractivity contribution in [1.29, 1.82) is 0 Å². The molecule has 0 unspecified atom stereocenters. The van der Waals surface area contributed by atoms with Gasteiger partial charge in [0.1, 0.15) is 17.0 Å². The van der Waals surface area contributed by atoms with Crippen molar-refractivity contribution >= 4 is 22.7 Å². The highest BCUT2D eigenvalue weighted by Gasteiger charge is 2.12. The number of amides is 1. The average Bonchev–Trinajstić information content (AvgIpc) is 3.18. The molecule has 7 nitrogen and oxygen atoms in total. The average molecular weight is 375 g/mol. The van der Waals surface area contributed by atoms with Crippen LogP contribution in [0.2, 0.25) is 0 Å². The van der Waals surface area contributed by atoms with Gasteiger partial charge in [0, 0.05) is 35.1 Å². The lowest BCUT2D eigenvalue weighted by atomic mass is 10.1. The number of oxazole rings is 1. The van der Waals surface area contributed by atoms with E-state index in [1.807, 2.05) is 12.1 Å². The Hall–Kier alpha value is -3.87. The SMILES string of the molecule is COc1cc(OC)cc(C(=O)Nc2ccc(-c3nc4cnccc4o3)cc2)c1. The molecule has 0 aliphatic rings. The van der Waals surface area contributed by atoms with Crippen molar-refractivity contribution in [2.24, 2.45) is 0 Å². The highest BCUT2D eigenvalue weighted by atomic mass is 16.5. The molecule has 140 valence electrons. The predicted octanol–water partition coefficient (Wildman–Crippen LogP) is 4.16. The minimum Gasteiger partial charge on any atom is -0.497 e. The second kappa shape index (κ2) is 7.40. The Kier molecular flexibility index (Phi) is 4.63. The molecule has 4 aromatic rings. The Balaban J connectivity index is 1.53. The third-order valence-electron chi connectivity index (χ3n) is 4.19. The zero-order chi connectivity index (χ0) is 19.5. The summed E-state index contributed by atoms with van der Waals surface area (Å²) in [5.41, 5.74) is 3.26. The molecule has 1 N–H and O–H groups in total. The number of rotatable bonds is 5. The molecule has 0 atom stereocenters. The van der Waals surface area contributed by atoms with Gasteiger partial charge in [-0.15, -0.1) is 0 Å². The van der Waals surface area contributed by atoms with Gasteiger partial charge in [-0.25, -0.2) is 4.98 Å². The maximum atomic E-state index is 12.6. The zero-order valence-electron chi connectivity index (χ0n) is 15.3. The number of hydrogen-bond donors (Lipinski definition) is 1. The van der Waals surface area contributed by atoms with Gasteiger partial charge < -0.3 is 19.2 Å². The summed E-state index contributed by atoms with van der Waals surface area (Å²) in [6.07, 6.45) is 3.31. The molecule has 0 aliphatic carbocycles. The molecule has 0 saturated carbocycles. The van der Waals surface area contributed by atoms with Crippen LogP contribution in [0.3, 0.4) is 0 Å². The fourth-order valence-corrected chi connectivity index (χ4v) is 2.74. The van der Waals surface area contributed by atoms with Crippen LogP contribution in [0.1, 0.15) is 10.4 Å². The molecule has 1 amide bonds. The van der Waals surface area contributed by atoms with E-state index >= 15 is 0 Å². The van der Waals surface area contributed by atoms with Crippen molar-refractivity contribution in [2.45, 2.75) is 0 Å². The molecule has 28 heavy (non-hydrogen) atoms. The number of anilines is 1. The monoisotopic (exact) mass is 375 g/mol. The second-order valence-electron chi connectivity index (χ2n) is 6.00. The Morgan fingerprint density at radius 1 is 1.00 bits per heavy atom. The molecular weight excluding hydrogens is 358 g/mol. The molecular formula is C21H17N3O4. The van der Waals surface area contributed by atoms with E-state index in [1.165, 1.54) is 14.2 Å². The van der Waals surface area contributed by atoms with Crippen LogP contribution >= 0.6 is 0 Å². The van der Waals surface area contributed by atoms with E-state index in [0.29, 0.717) is 39.7 Å². The number of hydrogen-bond acceptors (Lipinski definition) is 6. The fraction of sp³-hybridized carbons (Fsp3) is 0.0952. The summed E-state index contributed by atoms with van der Waals surface area (Å²) in [5.74, 6) is 1.33. The summed E-state index contributed by atoms with van der Waals surface area (Å²) in [5, 5.41) is 2.86. The summed E-state index contributed by atoms with van der Waals surface area (Å²) in [6.45, 7) is 0. The number of benzene rings is 2. The van der Waals surface area contributed by atoms with Crippen molar-refractivity contribution in [1.82, 2.24) is 9.97 Å². The largest absolute Gasteiger partial charge is 0.497 e. The molecule has 0 aliphatic heterocycles. The Morgan fingerprint density at radius 2 is 1.71 bits per heavy atom. The van der Waals surface area contributed by atoms with Crippen LogP contribution in [-0.4, -0.2) is 30.1 Å². The molecule has 0 fully saturated rings. The molecule has 0 spiro atoms. The van der Waals surface area contributed by atoms with Gasteiger partial charge in [0.2, 0.25) is 5.89 Å². The van der Waals surface area contributed by atoms with Crippen molar-refractivity contribution in [3.05, 3.63) is 66.5 Å². The second-order valence-corrected chi connectivity index (χ2v) is 6.00. The van der Waals surface area contributed by atoms with Gasteiger partial charge in [0.25, 0.3) is 5.91 Å². The minimum absolute atomic E-state index is 0.266. The molecule has 2 aromatic heterocycles. The van der Waals surface area contributed by atoms with Crippen LogP contribution in [-0.2, 0) is 0 Å². The standard InChI is InChI=1S/C21H17N3O4/c1-26-16-9-14(10-17(11-16)27-2)20(25)23-15-5-3-13(4-6-15)21-24-18-12-22-8-7-19(18)28-21/h3-12H,1-2H3,(H,23,25). The number of nitrogens with one attached hydrogen (secondary N) is 1. The quantitative estimate of drug-likeness (QED) is 0.564. The minimum atomic E-state index is -0.266. The lowest BCUT2D eigenvalue weighted by molar-refractivity contribution is 0.102. The predicted molar refractivity (Wildman–Crippen MR) is 105 cm³/mol. The van der Waals surface area contributed by atoms with Gasteiger partial charge in [-0.1, -0.05) is 0 Å². The van der Waals surface area contributed by atoms with Crippen LogP contribution in [0.15, 0.2) is 65.3 Å². The smallest absolute Gasteiger partial charge is 0.255 e. The summed E-state index contributed by atoms with van der Waals surface area (Å²) in [6, 6.07) is 14.0. The highest BCUT2D eigenvalue weighted by molar-refractivity contribution is 6.04. The Bertz CT molecular complexity index is 1080. The van der Waals surface area contributed by atoms with Crippen LogP contribution in [0, 0.1) is 0 Å². The lowest BCUT2D eigenvalue weighted by Gasteiger charge is -2.09. The molecule has 2 heterocycles. The molecule has 4 rings (SSSR count). The Labute approximate surface area is 160 Å². The molecule has 7 heteroatoms. The molecule has 0 radical (unpaired) electrons. The van der Waals surface area contributed by atoms with Gasteiger partial charge in [-0.2, -0.15) is 0 Å². The topological polar surface area (TPSA) is 86.5 Å². The third-order valence-corrected chi connectivity index (χ3v) is 4.19. The van der Waals surface area contributed by atoms with E-state index < -0.39 is 0 Å². The van der Waals surface area contributed by atoms with E-state index in [0.717, 1.165) is 5.56 Å². The fourth-order valence-electron chi connectivity index (χ4n) is 2.74. The first-order valence-electron chi connectivity index (χ1n) is 8.51. The number of carbonyl (C=O) groups is 1. The molecule has 2 aromatic carbocycles. The van der Waals surface area contributed by atoms with Gasteiger partial charge in [-0.3, -0.25) is 9.78 Å². The number of aromatic nitrogens is 2. The maximum Gasteiger partial charge on any atom is 0.255 e. The summed E-state index contributed by atoms with van der Waals surface area (Å²) < 4.78 is 16.1. The summed E-state index contributed by atoms with van der Waals surface area (Å²) in [4.78, 5) is 21.0. The van der Waals surface area contributed by atoms with E-state index in [2.05, 4.69) is 15.3 Å². The number of ether oxygens (including phenoxy) is 2. The number of pyridine rings is 1.